The fraction of sp³-hybridized carbons (Fsp3) is 1.00. The van der Waals surface area contributed by atoms with Crippen LogP contribution >= 0.6 is 0 Å². The van der Waals surface area contributed by atoms with Gasteiger partial charge in [0, 0.05) is 0 Å². The number of nitrogens with zero attached hydrogens (tertiary/aromatic N) is 1. The van der Waals surface area contributed by atoms with E-state index in [1.165, 1.54) is 43.8 Å². The summed E-state index contributed by atoms with van der Waals surface area (Å²) in [5.74, 6) is 0. The molecule has 0 aliphatic heterocycles. The van der Waals surface area contributed by atoms with Crippen LogP contribution in [0.5, 0.6) is 0 Å². The van der Waals surface area contributed by atoms with Gasteiger partial charge in [0.1, 0.15) is 8.24 Å². The van der Waals surface area contributed by atoms with Crippen LogP contribution in [0.15, 0.2) is 0 Å². The summed E-state index contributed by atoms with van der Waals surface area (Å²) < 4.78 is 2.60. The molecule has 1 nitrogen and oxygen atoms in total. The highest BCUT2D eigenvalue weighted by molar-refractivity contribution is 6.77. The number of unbranched alkanes of at least 4 members (excludes halogenated alkanes) is 2. The molecule has 0 aromatic carbocycles. The standard InChI is InChI=1S/C12H29NSi/c1-6-9-11-14(8-3,13(4)5)12-10-7-2/h6-12H2,1-5H3. The maximum atomic E-state index is 2.60. The predicted octanol–water partition coefficient (Wildman–Crippen LogP) is 4.11. The molecule has 0 N–H and O–H groups in total. The molecule has 0 rings (SSSR count). The Morgan fingerprint density at radius 2 is 1.29 bits per heavy atom. The van der Waals surface area contributed by atoms with Crippen LogP contribution in [0, 0.1) is 0 Å². The maximum Gasteiger partial charge on any atom is 0.127 e. The molecule has 2 heteroatoms. The number of hydrogen-bond donors (Lipinski definition) is 0. The monoisotopic (exact) mass is 215 g/mol. The van der Waals surface area contributed by atoms with Crippen molar-refractivity contribution in [2.75, 3.05) is 14.1 Å². The van der Waals surface area contributed by atoms with Gasteiger partial charge in [0.25, 0.3) is 0 Å². The van der Waals surface area contributed by atoms with E-state index in [1.54, 1.807) is 0 Å². The van der Waals surface area contributed by atoms with E-state index >= 15 is 0 Å². The minimum Gasteiger partial charge on any atom is -0.329 e. The van der Waals surface area contributed by atoms with Crippen molar-refractivity contribution in [2.45, 2.75) is 64.6 Å². The molecule has 0 heterocycles. The first kappa shape index (κ1) is 14.2. The third-order valence-corrected chi connectivity index (χ3v) is 9.38. The molecule has 0 saturated heterocycles. The summed E-state index contributed by atoms with van der Waals surface area (Å²) in [6, 6.07) is 4.44. The van der Waals surface area contributed by atoms with Gasteiger partial charge in [0.15, 0.2) is 0 Å². The van der Waals surface area contributed by atoms with Crippen LogP contribution < -0.4 is 0 Å². The van der Waals surface area contributed by atoms with Crippen molar-refractivity contribution in [3.05, 3.63) is 0 Å². The normalized spacial score (nSPS) is 12.4. The first-order chi connectivity index (χ1) is 6.63. The van der Waals surface area contributed by atoms with E-state index in [0.29, 0.717) is 0 Å². The summed E-state index contributed by atoms with van der Waals surface area (Å²) in [6.45, 7) is 7.02. The molecule has 14 heavy (non-hydrogen) atoms. The third kappa shape index (κ3) is 4.14. The van der Waals surface area contributed by atoms with Crippen LogP contribution in [0.25, 0.3) is 0 Å². The van der Waals surface area contributed by atoms with Crippen molar-refractivity contribution < 1.29 is 0 Å². The molecule has 0 amide bonds. The van der Waals surface area contributed by atoms with Gasteiger partial charge >= 0.3 is 0 Å². The van der Waals surface area contributed by atoms with Crippen molar-refractivity contribution in [1.29, 1.82) is 0 Å². The van der Waals surface area contributed by atoms with Crippen LogP contribution in [-0.4, -0.2) is 26.9 Å². The fourth-order valence-electron chi connectivity index (χ4n) is 2.25. The van der Waals surface area contributed by atoms with Crippen LogP contribution in [-0.2, 0) is 0 Å². The molecular weight excluding hydrogens is 186 g/mol. The second-order valence-electron chi connectivity index (χ2n) is 4.68. The van der Waals surface area contributed by atoms with E-state index < -0.39 is 8.24 Å². The summed E-state index contributed by atoms with van der Waals surface area (Å²) in [5.41, 5.74) is 0. The van der Waals surface area contributed by atoms with Crippen molar-refractivity contribution in [2.24, 2.45) is 0 Å². The third-order valence-electron chi connectivity index (χ3n) is 3.60. The Hall–Kier alpha value is 0.177. The molecule has 0 spiro atoms. The highest BCUT2D eigenvalue weighted by Gasteiger charge is 2.32. The van der Waals surface area contributed by atoms with E-state index in [1.807, 2.05) is 0 Å². The minimum atomic E-state index is -1.06. The average molecular weight is 215 g/mol. The van der Waals surface area contributed by atoms with Gasteiger partial charge in [-0.1, -0.05) is 46.5 Å². The van der Waals surface area contributed by atoms with Crippen LogP contribution in [0.3, 0.4) is 0 Å². The largest absolute Gasteiger partial charge is 0.329 e. The van der Waals surface area contributed by atoms with Gasteiger partial charge in [-0.05, 0) is 32.2 Å². The Kier molecular flexibility index (Phi) is 7.56. The molecule has 0 fully saturated rings. The molecule has 0 atom stereocenters. The van der Waals surface area contributed by atoms with Crippen molar-refractivity contribution in [1.82, 2.24) is 4.57 Å². The molecule has 0 radical (unpaired) electrons. The van der Waals surface area contributed by atoms with E-state index in [0.717, 1.165) is 0 Å². The second-order valence-corrected chi connectivity index (χ2v) is 9.73. The van der Waals surface area contributed by atoms with Gasteiger partial charge in [0.2, 0.25) is 0 Å². The topological polar surface area (TPSA) is 3.24 Å². The Bertz CT molecular complexity index is 126. The van der Waals surface area contributed by atoms with Crippen LogP contribution in [0.1, 0.15) is 46.5 Å². The molecule has 0 aliphatic carbocycles. The molecule has 0 bridgehead atoms. The summed E-state index contributed by atoms with van der Waals surface area (Å²) in [7, 11) is 3.56. The van der Waals surface area contributed by atoms with Crippen molar-refractivity contribution in [3.8, 4) is 0 Å². The van der Waals surface area contributed by atoms with E-state index in [-0.39, 0.29) is 0 Å². The minimum absolute atomic E-state index is 1.06. The zero-order valence-electron chi connectivity index (χ0n) is 10.9. The fourth-order valence-corrected chi connectivity index (χ4v) is 6.76. The highest BCUT2D eigenvalue weighted by Crippen LogP contribution is 2.27. The van der Waals surface area contributed by atoms with Gasteiger partial charge in [0.05, 0.1) is 0 Å². The molecule has 86 valence electrons. The molecule has 0 aromatic heterocycles. The van der Waals surface area contributed by atoms with Gasteiger partial charge < -0.3 is 4.57 Å². The number of hydrogen-bond acceptors (Lipinski definition) is 1. The molecule has 0 saturated carbocycles. The molecule has 0 unspecified atom stereocenters. The molecule has 0 aliphatic rings. The zero-order valence-corrected chi connectivity index (χ0v) is 11.9. The average Bonchev–Trinajstić information content (AvgIpc) is 2.18. The summed E-state index contributed by atoms with van der Waals surface area (Å²) in [5, 5.41) is 0. The molecular formula is C12H29NSi. The zero-order chi connectivity index (χ0) is 11.0. The summed E-state index contributed by atoms with van der Waals surface area (Å²) in [4.78, 5) is 0. The van der Waals surface area contributed by atoms with E-state index in [2.05, 4.69) is 39.4 Å². The van der Waals surface area contributed by atoms with Crippen molar-refractivity contribution >= 4 is 8.24 Å². The lowest BCUT2D eigenvalue weighted by molar-refractivity contribution is 0.583. The smallest absolute Gasteiger partial charge is 0.127 e. The predicted molar refractivity (Wildman–Crippen MR) is 69.4 cm³/mol. The lowest BCUT2D eigenvalue weighted by Gasteiger charge is -2.37. The highest BCUT2D eigenvalue weighted by atomic mass is 28.3. The lowest BCUT2D eigenvalue weighted by Crippen LogP contribution is -2.48. The van der Waals surface area contributed by atoms with E-state index in [4.69, 9.17) is 0 Å². The summed E-state index contributed by atoms with van der Waals surface area (Å²) in [6.07, 6.45) is 5.58. The Balaban J connectivity index is 4.27. The molecule has 0 aromatic rings. The quantitative estimate of drug-likeness (QED) is 0.551. The first-order valence-electron chi connectivity index (χ1n) is 6.30. The first-order valence-corrected chi connectivity index (χ1v) is 8.87. The Labute approximate surface area is 92.0 Å². The SMILES string of the molecule is CCCC[Si](CC)(CCCC)N(C)C. The Morgan fingerprint density at radius 1 is 0.857 bits per heavy atom. The Morgan fingerprint density at radius 3 is 1.50 bits per heavy atom. The summed E-state index contributed by atoms with van der Waals surface area (Å²) >= 11 is 0. The second kappa shape index (κ2) is 7.47. The maximum absolute atomic E-state index is 2.60. The number of rotatable bonds is 8. The van der Waals surface area contributed by atoms with Gasteiger partial charge in [-0.3, -0.25) is 0 Å². The lowest BCUT2D eigenvalue weighted by atomic mass is 10.4. The van der Waals surface area contributed by atoms with Gasteiger partial charge in [-0.25, -0.2) is 0 Å². The van der Waals surface area contributed by atoms with E-state index in [9.17, 15) is 0 Å². The van der Waals surface area contributed by atoms with Crippen molar-refractivity contribution in [3.63, 3.8) is 0 Å². The van der Waals surface area contributed by atoms with Crippen LogP contribution in [0.2, 0.25) is 18.1 Å². The van der Waals surface area contributed by atoms with Gasteiger partial charge in [-0.15, -0.1) is 0 Å². The van der Waals surface area contributed by atoms with Crippen LogP contribution in [0.4, 0.5) is 0 Å². The van der Waals surface area contributed by atoms with Gasteiger partial charge in [-0.2, -0.15) is 0 Å².